The summed E-state index contributed by atoms with van der Waals surface area (Å²) in [6.45, 7) is 0. The van der Waals surface area contributed by atoms with Gasteiger partial charge in [0.05, 0.1) is 0 Å². The second kappa shape index (κ2) is 23.3. The first-order chi connectivity index (χ1) is 0. The van der Waals surface area contributed by atoms with Crippen LogP contribution in [0.25, 0.3) is 0 Å². The molecule has 0 saturated carbocycles. The standard InChI is InChI=1S/2H2O.Sn.Zr/h2*1H2;;. The molecule has 4 heteroatoms. The van der Waals surface area contributed by atoms with E-state index in [9.17, 15) is 0 Å². The molecule has 2 nitrogen and oxygen atoms in total. The van der Waals surface area contributed by atoms with E-state index in [0.29, 0.717) is 0 Å². The molecule has 4 N–H and O–H groups in total. The van der Waals surface area contributed by atoms with E-state index in [-0.39, 0.29) is 61.1 Å². The molecular formula is H4O2SnZr. The monoisotopic (exact) mass is 246 g/mol. The van der Waals surface area contributed by atoms with E-state index >= 15 is 0 Å². The van der Waals surface area contributed by atoms with Crippen LogP contribution in [0.2, 0.25) is 0 Å². The van der Waals surface area contributed by atoms with Gasteiger partial charge in [0.1, 0.15) is 0 Å². The van der Waals surface area contributed by atoms with Crippen molar-refractivity contribution in [2.45, 2.75) is 0 Å². The molecule has 0 amide bonds. The van der Waals surface area contributed by atoms with Gasteiger partial charge in [-0.25, -0.2) is 0 Å². The zero-order valence-corrected chi connectivity index (χ0v) is 7.31. The van der Waals surface area contributed by atoms with Crippen molar-refractivity contribution >= 4 is 23.9 Å². The normalized spacial score (nSPS) is 0. The van der Waals surface area contributed by atoms with E-state index in [1.54, 1.807) is 0 Å². The van der Waals surface area contributed by atoms with Crippen molar-refractivity contribution < 1.29 is 37.2 Å². The van der Waals surface area contributed by atoms with Gasteiger partial charge in [-0.2, -0.15) is 0 Å². The second-order valence-corrected chi connectivity index (χ2v) is 0. The van der Waals surface area contributed by atoms with Gasteiger partial charge >= 0.3 is 0 Å². The molecule has 0 spiro atoms. The average Bonchev–Trinajstić information content (AvgIpc) is 0. The summed E-state index contributed by atoms with van der Waals surface area (Å²) in [4.78, 5) is 0. The van der Waals surface area contributed by atoms with Crippen LogP contribution in [0.1, 0.15) is 0 Å². The topological polar surface area (TPSA) is 63.0 Å². The zero-order valence-electron chi connectivity index (χ0n) is 2.00. The summed E-state index contributed by atoms with van der Waals surface area (Å²) in [7, 11) is 0. The molecule has 0 aliphatic carbocycles. The van der Waals surface area contributed by atoms with Crippen LogP contribution in [-0.2, 0) is 26.2 Å². The van der Waals surface area contributed by atoms with Gasteiger partial charge in [0, 0.05) is 50.1 Å². The Morgan fingerprint density at radius 1 is 0.750 bits per heavy atom. The third-order valence-electron chi connectivity index (χ3n) is 0. The summed E-state index contributed by atoms with van der Waals surface area (Å²) in [6, 6.07) is 0. The maximum absolute atomic E-state index is 0. The predicted molar refractivity (Wildman–Crippen MR) is 13.0 cm³/mol. The first kappa shape index (κ1) is 46.2. The minimum Gasteiger partial charge on any atom is -0.412 e. The third kappa shape index (κ3) is 9.50. The van der Waals surface area contributed by atoms with Crippen molar-refractivity contribution in [2.75, 3.05) is 0 Å². The maximum atomic E-state index is 0. The van der Waals surface area contributed by atoms with Crippen molar-refractivity contribution in [3.05, 3.63) is 0 Å². The van der Waals surface area contributed by atoms with Gasteiger partial charge in [0.25, 0.3) is 0 Å². The summed E-state index contributed by atoms with van der Waals surface area (Å²) in [5, 5.41) is 0. The molecule has 0 aromatic carbocycles. The molecule has 0 aliphatic heterocycles. The molecule has 0 rings (SSSR count). The van der Waals surface area contributed by atoms with E-state index in [1.165, 1.54) is 0 Å². The van der Waals surface area contributed by atoms with Crippen molar-refractivity contribution in [1.29, 1.82) is 0 Å². The molecule has 0 heterocycles. The van der Waals surface area contributed by atoms with E-state index in [2.05, 4.69) is 0 Å². The summed E-state index contributed by atoms with van der Waals surface area (Å²) in [5.41, 5.74) is 0. The molecule has 24 valence electrons. The first-order valence-electron chi connectivity index (χ1n) is 0. The fraction of sp³-hybridized carbons (Fsp3) is 0. The second-order valence-electron chi connectivity index (χ2n) is 0. The SMILES string of the molecule is O.O.[Sn].[Zr]. The van der Waals surface area contributed by atoms with Gasteiger partial charge in [-0.1, -0.05) is 0 Å². The van der Waals surface area contributed by atoms with Crippen LogP contribution < -0.4 is 0 Å². The predicted octanol–water partition coefficient (Wildman–Crippen LogP) is -2.03. The maximum Gasteiger partial charge on any atom is 0 e. The largest absolute Gasteiger partial charge is 0.412 e. The summed E-state index contributed by atoms with van der Waals surface area (Å²) in [6.07, 6.45) is 0. The minimum atomic E-state index is 0. The minimum absolute atomic E-state index is 0. The smallest absolute Gasteiger partial charge is 0 e. The molecule has 4 radical (unpaired) electrons. The summed E-state index contributed by atoms with van der Waals surface area (Å²) >= 11 is 0. The molecule has 4 heavy (non-hydrogen) atoms. The van der Waals surface area contributed by atoms with E-state index in [4.69, 9.17) is 0 Å². The Morgan fingerprint density at radius 3 is 0.750 bits per heavy atom. The summed E-state index contributed by atoms with van der Waals surface area (Å²) in [5.74, 6) is 0. The molecule has 0 aromatic heterocycles. The Morgan fingerprint density at radius 2 is 0.750 bits per heavy atom. The van der Waals surface area contributed by atoms with Gasteiger partial charge < -0.3 is 11.0 Å². The molecule has 0 aliphatic rings. The van der Waals surface area contributed by atoms with Crippen LogP contribution in [0.5, 0.6) is 0 Å². The molecular weight excluding hydrogens is 242 g/mol. The first-order valence-corrected chi connectivity index (χ1v) is 0. The quantitative estimate of drug-likeness (QED) is 0.442. The van der Waals surface area contributed by atoms with Crippen LogP contribution in [-0.4, -0.2) is 34.9 Å². The third-order valence-corrected chi connectivity index (χ3v) is 0. The fourth-order valence-corrected chi connectivity index (χ4v) is 0. The molecule has 0 bridgehead atoms. The Kier molecular flexibility index (Phi) is 269. The van der Waals surface area contributed by atoms with Gasteiger partial charge in [0.15, 0.2) is 0 Å². The van der Waals surface area contributed by atoms with Crippen LogP contribution in [0.3, 0.4) is 0 Å². The zero-order chi connectivity index (χ0) is 0. The molecule has 0 unspecified atom stereocenters. The van der Waals surface area contributed by atoms with Crippen molar-refractivity contribution in [2.24, 2.45) is 0 Å². The van der Waals surface area contributed by atoms with Crippen LogP contribution >= 0.6 is 0 Å². The van der Waals surface area contributed by atoms with E-state index in [0.717, 1.165) is 0 Å². The Labute approximate surface area is 60.7 Å². The van der Waals surface area contributed by atoms with Gasteiger partial charge in [0.2, 0.25) is 0 Å². The van der Waals surface area contributed by atoms with Crippen molar-refractivity contribution in [3.63, 3.8) is 0 Å². The van der Waals surface area contributed by atoms with Gasteiger partial charge in [-0.3, -0.25) is 0 Å². The van der Waals surface area contributed by atoms with Gasteiger partial charge in [-0.15, -0.1) is 0 Å². The Hall–Kier alpha value is 1.60. The molecule has 0 fully saturated rings. The van der Waals surface area contributed by atoms with E-state index < -0.39 is 0 Å². The Balaban J connectivity index is 0. The number of rotatable bonds is 0. The summed E-state index contributed by atoms with van der Waals surface area (Å²) < 4.78 is 0. The van der Waals surface area contributed by atoms with Gasteiger partial charge in [-0.05, 0) is 0 Å². The van der Waals surface area contributed by atoms with E-state index in [1.807, 2.05) is 0 Å². The van der Waals surface area contributed by atoms with Crippen molar-refractivity contribution in [3.8, 4) is 0 Å². The molecule has 0 atom stereocenters. The van der Waals surface area contributed by atoms with Crippen LogP contribution in [0.4, 0.5) is 0 Å². The molecule has 0 aromatic rings. The fourth-order valence-electron chi connectivity index (χ4n) is 0. The van der Waals surface area contributed by atoms with Crippen LogP contribution in [0.15, 0.2) is 0 Å². The Bertz CT molecular complexity index is 6.00. The average molecular weight is 246 g/mol. The number of hydrogen-bond donors (Lipinski definition) is 0. The number of hydrogen-bond acceptors (Lipinski definition) is 0. The van der Waals surface area contributed by atoms with Crippen molar-refractivity contribution in [1.82, 2.24) is 0 Å². The molecule has 0 saturated heterocycles. The van der Waals surface area contributed by atoms with Crippen LogP contribution in [0, 0.1) is 0 Å².